The first kappa shape index (κ1) is 20.6. The molecule has 6 heteroatoms. The van der Waals surface area contributed by atoms with Gasteiger partial charge in [-0.25, -0.2) is 18.1 Å². The Morgan fingerprint density at radius 1 is 1.00 bits per heavy atom. The first-order chi connectivity index (χ1) is 10.9. The molecule has 0 aliphatic rings. The zero-order valence-corrected chi connectivity index (χ0v) is 16.5. The highest BCUT2D eigenvalue weighted by molar-refractivity contribution is 7.89. The normalized spacial score (nSPS) is 12.0. The predicted octanol–water partition coefficient (Wildman–Crippen LogP) is 4.36. The summed E-state index contributed by atoms with van der Waals surface area (Å²) in [5.74, 6) is 0.133. The Labute approximate surface area is 146 Å². The lowest BCUT2D eigenvalue weighted by Gasteiger charge is -2.06. The number of rotatable bonds is 13. The minimum atomic E-state index is -3.18. The van der Waals surface area contributed by atoms with Crippen molar-refractivity contribution >= 4 is 21.4 Å². The zero-order valence-electron chi connectivity index (χ0n) is 14.9. The average molecular weight is 361 g/mol. The number of thiazole rings is 1. The average Bonchev–Trinajstić information content (AvgIpc) is 2.81. The summed E-state index contributed by atoms with van der Waals surface area (Å²) in [7, 11) is -3.18. The van der Waals surface area contributed by atoms with E-state index in [1.807, 2.05) is 13.8 Å². The summed E-state index contributed by atoms with van der Waals surface area (Å²) in [4.78, 5) is 5.52. The van der Waals surface area contributed by atoms with E-state index in [4.69, 9.17) is 0 Å². The summed E-state index contributed by atoms with van der Waals surface area (Å²) in [5.41, 5.74) is 0.921. The van der Waals surface area contributed by atoms with E-state index in [1.54, 1.807) is 11.3 Å². The van der Waals surface area contributed by atoms with Crippen molar-refractivity contribution < 1.29 is 8.42 Å². The van der Waals surface area contributed by atoms with Crippen molar-refractivity contribution in [2.24, 2.45) is 0 Å². The molecule has 0 atom stereocenters. The second-order valence-electron chi connectivity index (χ2n) is 6.17. The zero-order chi connectivity index (χ0) is 17.1. The maximum Gasteiger partial charge on any atom is 0.211 e. The van der Waals surface area contributed by atoms with Crippen LogP contribution in [0.5, 0.6) is 0 Å². The molecule has 0 fully saturated rings. The molecule has 134 valence electrons. The third kappa shape index (κ3) is 9.42. The fraction of sp³-hybridized carbons (Fsp3) is 0.824. The van der Waals surface area contributed by atoms with E-state index in [0.29, 0.717) is 13.0 Å². The molecule has 1 aromatic heterocycles. The molecular weight excluding hydrogens is 328 g/mol. The molecule has 1 rings (SSSR count). The van der Waals surface area contributed by atoms with E-state index in [9.17, 15) is 8.42 Å². The van der Waals surface area contributed by atoms with Crippen LogP contribution >= 0.6 is 11.3 Å². The molecule has 0 unspecified atom stereocenters. The van der Waals surface area contributed by atoms with Gasteiger partial charge in [0.05, 0.1) is 16.5 Å². The first-order valence-corrected chi connectivity index (χ1v) is 11.3. The fourth-order valence-corrected chi connectivity index (χ4v) is 4.52. The van der Waals surface area contributed by atoms with Gasteiger partial charge in [0.15, 0.2) is 0 Å². The second kappa shape index (κ2) is 11.2. The van der Waals surface area contributed by atoms with Gasteiger partial charge in [-0.05, 0) is 20.3 Å². The van der Waals surface area contributed by atoms with Gasteiger partial charge in [-0.3, -0.25) is 0 Å². The van der Waals surface area contributed by atoms with E-state index < -0.39 is 10.0 Å². The summed E-state index contributed by atoms with van der Waals surface area (Å²) in [6.07, 6.45) is 10.3. The van der Waals surface area contributed by atoms with E-state index in [1.165, 1.54) is 38.5 Å². The summed E-state index contributed by atoms with van der Waals surface area (Å²) in [6.45, 7) is 6.74. The van der Waals surface area contributed by atoms with Crippen molar-refractivity contribution in [2.75, 3.05) is 12.3 Å². The van der Waals surface area contributed by atoms with Gasteiger partial charge < -0.3 is 0 Å². The molecule has 0 bridgehead atoms. The molecule has 1 aromatic rings. The van der Waals surface area contributed by atoms with Crippen molar-refractivity contribution in [3.63, 3.8) is 0 Å². The van der Waals surface area contributed by atoms with Gasteiger partial charge >= 0.3 is 0 Å². The lowest BCUT2D eigenvalue weighted by molar-refractivity contribution is 0.558. The molecule has 0 spiro atoms. The Morgan fingerprint density at radius 3 is 2.17 bits per heavy atom. The summed E-state index contributed by atoms with van der Waals surface area (Å²) in [5, 5.41) is 1.00. The van der Waals surface area contributed by atoms with Crippen LogP contribution in [-0.2, 0) is 16.4 Å². The van der Waals surface area contributed by atoms with Gasteiger partial charge in [0.25, 0.3) is 0 Å². The maximum absolute atomic E-state index is 12.0. The molecular formula is C17H32N2O2S2. The van der Waals surface area contributed by atoms with E-state index >= 15 is 0 Å². The van der Waals surface area contributed by atoms with Crippen molar-refractivity contribution in [3.8, 4) is 0 Å². The minimum Gasteiger partial charge on any atom is -0.246 e. The lowest BCUT2D eigenvalue weighted by atomic mass is 10.1. The SMILES string of the molecule is CCCCCCCCCCNS(=O)(=O)CCc1nc(C)sc1C. The van der Waals surface area contributed by atoms with Crippen molar-refractivity contribution in [3.05, 3.63) is 15.6 Å². The van der Waals surface area contributed by atoms with Crippen molar-refractivity contribution in [1.29, 1.82) is 0 Å². The predicted molar refractivity (Wildman–Crippen MR) is 99.7 cm³/mol. The van der Waals surface area contributed by atoms with Gasteiger partial charge in [-0.2, -0.15) is 0 Å². The number of hydrogen-bond acceptors (Lipinski definition) is 4. The third-order valence-electron chi connectivity index (χ3n) is 3.96. The van der Waals surface area contributed by atoms with Gasteiger partial charge in [0.1, 0.15) is 0 Å². The largest absolute Gasteiger partial charge is 0.246 e. The maximum atomic E-state index is 12.0. The monoisotopic (exact) mass is 360 g/mol. The van der Waals surface area contributed by atoms with Crippen LogP contribution in [0.3, 0.4) is 0 Å². The van der Waals surface area contributed by atoms with E-state index in [2.05, 4.69) is 16.6 Å². The number of nitrogens with one attached hydrogen (secondary N) is 1. The molecule has 0 radical (unpaired) electrons. The highest BCUT2D eigenvalue weighted by atomic mass is 32.2. The highest BCUT2D eigenvalue weighted by Gasteiger charge is 2.12. The second-order valence-corrected chi connectivity index (χ2v) is 9.51. The molecule has 1 N–H and O–H groups in total. The molecule has 1 heterocycles. The van der Waals surface area contributed by atoms with Gasteiger partial charge in [-0.1, -0.05) is 51.9 Å². The molecule has 0 saturated carbocycles. The minimum absolute atomic E-state index is 0.133. The van der Waals surface area contributed by atoms with Gasteiger partial charge in [0, 0.05) is 17.8 Å². The van der Waals surface area contributed by atoms with Crippen LogP contribution in [0.25, 0.3) is 0 Å². The van der Waals surface area contributed by atoms with Crippen LogP contribution < -0.4 is 4.72 Å². The lowest BCUT2D eigenvalue weighted by Crippen LogP contribution is -2.28. The summed E-state index contributed by atoms with van der Waals surface area (Å²) in [6, 6.07) is 0. The fourth-order valence-electron chi connectivity index (χ4n) is 2.59. The Balaban J connectivity index is 2.10. The first-order valence-electron chi connectivity index (χ1n) is 8.85. The van der Waals surface area contributed by atoms with Crippen LogP contribution in [0, 0.1) is 13.8 Å². The number of sulfonamides is 1. The van der Waals surface area contributed by atoms with E-state index in [-0.39, 0.29) is 5.75 Å². The molecule has 0 amide bonds. The van der Waals surface area contributed by atoms with Crippen LogP contribution in [0.2, 0.25) is 0 Å². The van der Waals surface area contributed by atoms with Crippen LogP contribution in [0.15, 0.2) is 0 Å². The van der Waals surface area contributed by atoms with Crippen LogP contribution in [0.4, 0.5) is 0 Å². The standard InChI is InChI=1S/C17H32N2O2S2/c1-4-5-6-7-8-9-10-11-13-18-23(20,21)14-12-17-15(2)22-16(3)19-17/h18H,4-14H2,1-3H3. The number of aryl methyl sites for hydroxylation is 3. The number of hydrogen-bond donors (Lipinski definition) is 1. The Morgan fingerprint density at radius 2 is 1.61 bits per heavy atom. The molecule has 23 heavy (non-hydrogen) atoms. The number of nitrogens with zero attached hydrogens (tertiary/aromatic N) is 1. The highest BCUT2D eigenvalue weighted by Crippen LogP contribution is 2.17. The molecule has 0 aliphatic carbocycles. The van der Waals surface area contributed by atoms with Gasteiger partial charge in [-0.15, -0.1) is 11.3 Å². The summed E-state index contributed by atoms with van der Waals surface area (Å²) < 4.78 is 26.7. The Bertz CT molecular complexity index is 539. The van der Waals surface area contributed by atoms with E-state index in [0.717, 1.165) is 28.4 Å². The Kier molecular flexibility index (Phi) is 9.99. The molecule has 0 aliphatic heterocycles. The van der Waals surface area contributed by atoms with Crippen LogP contribution in [0.1, 0.15) is 73.9 Å². The number of unbranched alkanes of at least 4 members (excludes halogenated alkanes) is 7. The third-order valence-corrected chi connectivity index (χ3v) is 6.27. The Hall–Kier alpha value is -0.460. The molecule has 0 saturated heterocycles. The van der Waals surface area contributed by atoms with Gasteiger partial charge in [0.2, 0.25) is 10.0 Å². The topological polar surface area (TPSA) is 59.1 Å². The molecule has 4 nitrogen and oxygen atoms in total. The van der Waals surface area contributed by atoms with Crippen molar-refractivity contribution in [1.82, 2.24) is 9.71 Å². The van der Waals surface area contributed by atoms with Crippen LogP contribution in [-0.4, -0.2) is 25.7 Å². The quantitative estimate of drug-likeness (QED) is 0.532. The molecule has 0 aromatic carbocycles. The summed E-state index contributed by atoms with van der Waals surface area (Å²) >= 11 is 1.63. The number of aromatic nitrogens is 1. The smallest absolute Gasteiger partial charge is 0.211 e. The van der Waals surface area contributed by atoms with Crippen molar-refractivity contribution in [2.45, 2.75) is 78.6 Å².